The predicted octanol–water partition coefficient (Wildman–Crippen LogP) is 5.46. The van der Waals surface area contributed by atoms with Crippen LogP contribution in [0.4, 0.5) is 0 Å². The molecule has 0 fully saturated rings. The molecule has 1 unspecified atom stereocenters. The Morgan fingerprint density at radius 3 is 2.62 bits per heavy atom. The quantitative estimate of drug-likeness (QED) is 0.490. The van der Waals surface area contributed by atoms with Crippen LogP contribution in [0.15, 0.2) is 12.1 Å². The van der Waals surface area contributed by atoms with Gasteiger partial charge in [-0.15, -0.1) is 11.6 Å². The third-order valence-electron chi connectivity index (χ3n) is 3.28. The summed E-state index contributed by atoms with van der Waals surface area (Å²) in [5.41, 5.74) is 1.74. The summed E-state index contributed by atoms with van der Waals surface area (Å²) in [4.78, 5) is 4.56. The summed E-state index contributed by atoms with van der Waals surface area (Å²) in [6.45, 7) is 6.15. The van der Waals surface area contributed by atoms with E-state index < -0.39 is 0 Å². The van der Waals surface area contributed by atoms with Crippen LogP contribution in [-0.4, -0.2) is 22.8 Å². The third kappa shape index (κ3) is 4.04. The van der Waals surface area contributed by atoms with Gasteiger partial charge in [-0.1, -0.05) is 36.5 Å². The van der Waals surface area contributed by atoms with Gasteiger partial charge in [0.1, 0.15) is 5.82 Å². The number of benzene rings is 1. The Morgan fingerprint density at radius 1 is 1.24 bits per heavy atom. The van der Waals surface area contributed by atoms with Gasteiger partial charge >= 0.3 is 0 Å². The van der Waals surface area contributed by atoms with Crippen molar-refractivity contribution in [1.82, 2.24) is 9.55 Å². The first-order valence-corrected chi connectivity index (χ1v) is 8.30. The first-order chi connectivity index (χ1) is 10.0. The molecule has 0 N–H and O–H groups in total. The Balaban J connectivity index is 2.26. The first kappa shape index (κ1) is 16.9. The summed E-state index contributed by atoms with van der Waals surface area (Å²) in [5, 5.41) is 0.832. The van der Waals surface area contributed by atoms with Gasteiger partial charge in [-0.25, -0.2) is 4.98 Å². The molecule has 0 spiro atoms. The zero-order chi connectivity index (χ0) is 15.4. The molecule has 0 aliphatic heterocycles. The molecule has 0 amide bonds. The number of alkyl halides is 1. The van der Waals surface area contributed by atoms with Crippen LogP contribution < -0.4 is 0 Å². The molecule has 0 aliphatic rings. The molecule has 2 rings (SSSR count). The van der Waals surface area contributed by atoms with Crippen molar-refractivity contribution in [3.63, 3.8) is 0 Å². The molecule has 0 aliphatic carbocycles. The van der Waals surface area contributed by atoms with Crippen molar-refractivity contribution < 1.29 is 4.74 Å². The second kappa shape index (κ2) is 7.68. The van der Waals surface area contributed by atoms with E-state index in [0.717, 1.165) is 36.3 Å². The molecule has 0 saturated carbocycles. The van der Waals surface area contributed by atoms with Gasteiger partial charge in [-0.2, -0.15) is 0 Å². The minimum absolute atomic E-state index is 0.189. The summed E-state index contributed by atoms with van der Waals surface area (Å²) >= 11 is 18.4. The van der Waals surface area contributed by atoms with Crippen LogP contribution in [0.5, 0.6) is 0 Å². The molecule has 1 heterocycles. The van der Waals surface area contributed by atoms with Gasteiger partial charge in [-0.3, -0.25) is 0 Å². The molecule has 3 nitrogen and oxygen atoms in total. The van der Waals surface area contributed by atoms with Gasteiger partial charge in [0.25, 0.3) is 0 Å². The molecule has 116 valence electrons. The van der Waals surface area contributed by atoms with E-state index in [4.69, 9.17) is 39.5 Å². The highest BCUT2D eigenvalue weighted by Crippen LogP contribution is 2.31. The number of fused-ring (bicyclic) bond motifs is 1. The highest BCUT2D eigenvalue weighted by molar-refractivity contribution is 6.42. The van der Waals surface area contributed by atoms with E-state index in [9.17, 15) is 0 Å². The monoisotopic (exact) mass is 348 g/mol. The van der Waals surface area contributed by atoms with Crippen molar-refractivity contribution in [2.24, 2.45) is 0 Å². The van der Waals surface area contributed by atoms with Crippen molar-refractivity contribution in [1.29, 1.82) is 0 Å². The fraction of sp³-hybridized carbons (Fsp3) is 0.533. The fourth-order valence-electron chi connectivity index (χ4n) is 2.18. The molecule has 0 saturated heterocycles. The highest BCUT2D eigenvalue weighted by atomic mass is 35.5. The summed E-state index contributed by atoms with van der Waals surface area (Å²) in [7, 11) is 0. The van der Waals surface area contributed by atoms with Crippen molar-refractivity contribution in [3.05, 3.63) is 28.0 Å². The Labute approximate surface area is 140 Å². The van der Waals surface area contributed by atoms with Crippen molar-refractivity contribution >= 4 is 45.8 Å². The van der Waals surface area contributed by atoms with E-state index in [2.05, 4.69) is 16.5 Å². The van der Waals surface area contributed by atoms with Gasteiger partial charge in [-0.05, 0) is 25.5 Å². The highest BCUT2D eigenvalue weighted by Gasteiger charge is 2.16. The number of aromatic nitrogens is 2. The van der Waals surface area contributed by atoms with Gasteiger partial charge in [0.05, 0.1) is 33.1 Å². The van der Waals surface area contributed by atoms with Crippen LogP contribution in [0.3, 0.4) is 0 Å². The average Bonchev–Trinajstić information content (AvgIpc) is 2.77. The van der Waals surface area contributed by atoms with Gasteiger partial charge in [0, 0.05) is 13.2 Å². The number of ether oxygens (including phenoxy) is 1. The summed E-state index contributed by atoms with van der Waals surface area (Å²) in [6.07, 6.45) is 2.21. The van der Waals surface area contributed by atoms with E-state index in [1.165, 1.54) is 0 Å². The van der Waals surface area contributed by atoms with E-state index in [1.807, 2.05) is 13.0 Å². The zero-order valence-electron chi connectivity index (χ0n) is 12.2. The lowest BCUT2D eigenvalue weighted by molar-refractivity contribution is 0.123. The first-order valence-electron chi connectivity index (χ1n) is 7.11. The predicted molar refractivity (Wildman–Crippen MR) is 89.7 cm³/mol. The topological polar surface area (TPSA) is 27.1 Å². The number of unbranched alkanes of at least 4 members (excludes halogenated alkanes) is 1. The molecule has 1 atom stereocenters. The molecule has 0 radical (unpaired) electrons. The number of imidazole rings is 1. The standard InChI is InChI=1S/C15H19Cl3N2O/c1-3-4-6-21-7-5-20-14-9-12(18)11(17)8-13(14)19-15(20)10(2)16/h8-10H,3-7H2,1-2H3. The maximum atomic E-state index is 6.23. The SMILES string of the molecule is CCCCOCCn1c(C(C)Cl)nc2cc(Cl)c(Cl)cc21. The summed E-state index contributed by atoms with van der Waals surface area (Å²) in [5.74, 6) is 0.809. The molecule has 1 aromatic heterocycles. The zero-order valence-corrected chi connectivity index (χ0v) is 14.5. The third-order valence-corrected chi connectivity index (χ3v) is 4.19. The van der Waals surface area contributed by atoms with E-state index in [1.54, 1.807) is 6.07 Å². The van der Waals surface area contributed by atoms with Crippen molar-refractivity contribution in [3.8, 4) is 0 Å². The van der Waals surface area contributed by atoms with Crippen LogP contribution in [0.2, 0.25) is 10.0 Å². The lowest BCUT2D eigenvalue weighted by Gasteiger charge is -2.11. The van der Waals surface area contributed by atoms with Crippen LogP contribution >= 0.6 is 34.8 Å². The van der Waals surface area contributed by atoms with E-state index in [-0.39, 0.29) is 5.38 Å². The summed E-state index contributed by atoms with van der Waals surface area (Å²) in [6, 6.07) is 3.61. The van der Waals surface area contributed by atoms with Crippen LogP contribution in [0, 0.1) is 0 Å². The smallest absolute Gasteiger partial charge is 0.127 e. The minimum Gasteiger partial charge on any atom is -0.380 e. The fourth-order valence-corrected chi connectivity index (χ4v) is 2.66. The van der Waals surface area contributed by atoms with Crippen LogP contribution in [0.1, 0.15) is 37.9 Å². The average molecular weight is 350 g/mol. The number of hydrogen-bond acceptors (Lipinski definition) is 2. The number of halogens is 3. The Hall–Kier alpha value is -0.480. The number of rotatable bonds is 7. The molecular formula is C15H19Cl3N2O. The lowest BCUT2D eigenvalue weighted by Crippen LogP contribution is -2.10. The summed E-state index contributed by atoms with van der Waals surface area (Å²) < 4.78 is 7.69. The maximum Gasteiger partial charge on any atom is 0.127 e. The lowest BCUT2D eigenvalue weighted by atomic mass is 10.3. The Morgan fingerprint density at radius 2 is 1.95 bits per heavy atom. The van der Waals surface area contributed by atoms with Gasteiger partial charge in [0.15, 0.2) is 0 Å². The van der Waals surface area contributed by atoms with Crippen LogP contribution in [-0.2, 0) is 11.3 Å². The van der Waals surface area contributed by atoms with E-state index >= 15 is 0 Å². The molecule has 6 heteroatoms. The normalized spacial score (nSPS) is 13.0. The van der Waals surface area contributed by atoms with Crippen molar-refractivity contribution in [2.75, 3.05) is 13.2 Å². The maximum absolute atomic E-state index is 6.23. The minimum atomic E-state index is -0.189. The largest absolute Gasteiger partial charge is 0.380 e. The van der Waals surface area contributed by atoms with Crippen LogP contribution in [0.25, 0.3) is 11.0 Å². The van der Waals surface area contributed by atoms with Crippen molar-refractivity contribution in [2.45, 2.75) is 38.6 Å². The van der Waals surface area contributed by atoms with E-state index in [0.29, 0.717) is 23.2 Å². The second-order valence-electron chi connectivity index (χ2n) is 4.96. The number of hydrogen-bond donors (Lipinski definition) is 0. The number of nitrogens with zero attached hydrogens (tertiary/aromatic N) is 2. The Kier molecular flexibility index (Phi) is 6.18. The molecule has 0 bridgehead atoms. The molecule has 21 heavy (non-hydrogen) atoms. The second-order valence-corrected chi connectivity index (χ2v) is 6.43. The van der Waals surface area contributed by atoms with Gasteiger partial charge in [0.2, 0.25) is 0 Å². The molecule has 2 aromatic rings. The Bertz CT molecular complexity index is 610. The molecule has 1 aromatic carbocycles. The van der Waals surface area contributed by atoms with Gasteiger partial charge < -0.3 is 9.30 Å². The molecular weight excluding hydrogens is 331 g/mol.